The van der Waals surface area contributed by atoms with Crippen molar-refractivity contribution in [2.75, 3.05) is 19.8 Å². The van der Waals surface area contributed by atoms with Gasteiger partial charge in [-0.3, -0.25) is 14.1 Å². The van der Waals surface area contributed by atoms with Crippen LogP contribution in [0.2, 0.25) is 0 Å². The van der Waals surface area contributed by atoms with Gasteiger partial charge in [-0.2, -0.15) is 0 Å². The lowest BCUT2D eigenvalue weighted by Gasteiger charge is -2.22. The minimum absolute atomic E-state index is 0.0494. The molecule has 76 valence electrons. The van der Waals surface area contributed by atoms with Crippen molar-refractivity contribution in [2.45, 2.75) is 25.8 Å². The summed E-state index contributed by atoms with van der Waals surface area (Å²) in [6.07, 6.45) is 1.38. The van der Waals surface area contributed by atoms with Gasteiger partial charge in [0.05, 0.1) is 6.67 Å². The number of carboxylic acids is 1. The first-order chi connectivity index (χ1) is 6.19. The molecule has 13 heavy (non-hydrogen) atoms. The van der Waals surface area contributed by atoms with E-state index < -0.39 is 12.0 Å². The molecule has 1 aliphatic heterocycles. The summed E-state index contributed by atoms with van der Waals surface area (Å²) in [6, 6.07) is -0.420. The average molecular weight is 189 g/mol. The molecule has 0 saturated carbocycles. The number of likely N-dealkylation sites (tertiary alicyclic amines) is 1. The number of hydrogen-bond acceptors (Lipinski definition) is 2. The molecule has 1 heterocycles. The van der Waals surface area contributed by atoms with Gasteiger partial charge in [0.2, 0.25) is 0 Å². The van der Waals surface area contributed by atoms with Crippen LogP contribution in [0.5, 0.6) is 0 Å². The molecule has 1 saturated heterocycles. The highest BCUT2D eigenvalue weighted by Gasteiger charge is 2.30. The number of hydrogen-bond donors (Lipinski definition) is 1. The van der Waals surface area contributed by atoms with Crippen LogP contribution in [0.25, 0.3) is 0 Å². The van der Waals surface area contributed by atoms with Gasteiger partial charge in [0.25, 0.3) is 0 Å². The van der Waals surface area contributed by atoms with Gasteiger partial charge in [0.1, 0.15) is 6.04 Å². The second kappa shape index (κ2) is 4.56. The second-order valence-corrected chi connectivity index (χ2v) is 3.57. The highest BCUT2D eigenvalue weighted by molar-refractivity contribution is 5.73. The maximum absolute atomic E-state index is 12.3. The fourth-order valence-electron chi connectivity index (χ4n) is 1.86. The Balaban J connectivity index is 2.48. The number of rotatable bonds is 4. The highest BCUT2D eigenvalue weighted by atomic mass is 19.1. The third kappa shape index (κ3) is 2.40. The molecule has 1 aliphatic rings. The van der Waals surface area contributed by atoms with Gasteiger partial charge < -0.3 is 5.11 Å². The van der Waals surface area contributed by atoms with Crippen molar-refractivity contribution in [3.8, 4) is 0 Å². The first kappa shape index (κ1) is 10.4. The smallest absolute Gasteiger partial charge is 0.320 e. The van der Waals surface area contributed by atoms with Gasteiger partial charge in [0.15, 0.2) is 0 Å². The van der Waals surface area contributed by atoms with Gasteiger partial charge in [-0.15, -0.1) is 0 Å². The summed E-state index contributed by atoms with van der Waals surface area (Å²) >= 11 is 0. The van der Waals surface area contributed by atoms with E-state index in [9.17, 15) is 9.18 Å². The quantitative estimate of drug-likeness (QED) is 0.721. The number of carboxylic acid groups (broad SMARTS) is 1. The van der Waals surface area contributed by atoms with Crippen molar-refractivity contribution in [1.82, 2.24) is 4.90 Å². The van der Waals surface area contributed by atoms with E-state index in [1.54, 1.807) is 0 Å². The molecule has 0 aromatic rings. The Labute approximate surface area is 77.5 Å². The molecule has 0 radical (unpaired) electrons. The second-order valence-electron chi connectivity index (χ2n) is 3.57. The molecule has 0 bridgehead atoms. The van der Waals surface area contributed by atoms with Crippen LogP contribution in [0.15, 0.2) is 0 Å². The van der Waals surface area contributed by atoms with Gasteiger partial charge >= 0.3 is 5.97 Å². The first-order valence-electron chi connectivity index (χ1n) is 4.71. The summed E-state index contributed by atoms with van der Waals surface area (Å²) in [6.45, 7) is 2.84. The van der Waals surface area contributed by atoms with E-state index in [0.29, 0.717) is 13.0 Å². The molecule has 1 N–H and O–H groups in total. The molecule has 0 unspecified atom stereocenters. The standard InChI is InChI=1S/C9H16FNO2/c1-2-8(9(12)13)11-4-3-7(5-10)6-11/h7-8H,2-6H2,1H3,(H,12,13)/t7-,8+/m0/s1. The fraction of sp³-hybridized carbons (Fsp3) is 0.889. The summed E-state index contributed by atoms with van der Waals surface area (Å²) in [4.78, 5) is 12.6. The SMILES string of the molecule is CC[C@H](C(=O)O)N1CC[C@@H](CF)C1. The van der Waals surface area contributed by atoms with Crippen molar-refractivity contribution in [2.24, 2.45) is 5.92 Å². The van der Waals surface area contributed by atoms with Crippen LogP contribution in [0, 0.1) is 5.92 Å². The minimum atomic E-state index is -0.790. The van der Waals surface area contributed by atoms with Crippen LogP contribution in [0.1, 0.15) is 19.8 Å². The normalized spacial score (nSPS) is 26.2. The van der Waals surface area contributed by atoms with Crippen LogP contribution in [-0.4, -0.2) is 41.8 Å². The Morgan fingerprint density at radius 2 is 2.46 bits per heavy atom. The maximum Gasteiger partial charge on any atom is 0.320 e. The average Bonchev–Trinajstić information content (AvgIpc) is 2.53. The van der Waals surface area contributed by atoms with Crippen molar-refractivity contribution in [3.63, 3.8) is 0 Å². The molecule has 0 amide bonds. The molecule has 3 nitrogen and oxygen atoms in total. The fourth-order valence-corrected chi connectivity index (χ4v) is 1.86. The van der Waals surface area contributed by atoms with Crippen molar-refractivity contribution in [3.05, 3.63) is 0 Å². The summed E-state index contributed by atoms with van der Waals surface area (Å²) < 4.78 is 12.3. The van der Waals surface area contributed by atoms with Crippen LogP contribution in [-0.2, 0) is 4.79 Å². The first-order valence-corrected chi connectivity index (χ1v) is 4.71. The number of carbonyl (C=O) groups is 1. The summed E-state index contributed by atoms with van der Waals surface area (Å²) in [5.74, 6) is -0.740. The Kier molecular flexibility index (Phi) is 3.66. The van der Waals surface area contributed by atoms with Gasteiger partial charge in [-0.25, -0.2) is 0 Å². The largest absolute Gasteiger partial charge is 0.480 e. The zero-order chi connectivity index (χ0) is 9.84. The topological polar surface area (TPSA) is 40.5 Å². The van der Waals surface area contributed by atoms with Crippen LogP contribution >= 0.6 is 0 Å². The van der Waals surface area contributed by atoms with E-state index in [0.717, 1.165) is 13.0 Å². The Bertz CT molecular complexity index is 186. The molecule has 1 rings (SSSR count). The Morgan fingerprint density at radius 1 is 1.77 bits per heavy atom. The maximum atomic E-state index is 12.3. The van der Waals surface area contributed by atoms with E-state index in [1.165, 1.54) is 0 Å². The predicted molar refractivity (Wildman–Crippen MR) is 47.4 cm³/mol. The molecule has 0 aromatic heterocycles. The number of alkyl halides is 1. The Morgan fingerprint density at radius 3 is 2.85 bits per heavy atom. The minimum Gasteiger partial charge on any atom is -0.480 e. The summed E-state index contributed by atoms with van der Waals surface area (Å²) in [5, 5.41) is 8.86. The predicted octanol–water partition coefficient (Wildman–Crippen LogP) is 1.14. The molecular weight excluding hydrogens is 173 g/mol. The Hall–Kier alpha value is -0.640. The van der Waals surface area contributed by atoms with Gasteiger partial charge in [0, 0.05) is 12.5 Å². The molecule has 0 aromatic carbocycles. The van der Waals surface area contributed by atoms with Crippen LogP contribution < -0.4 is 0 Å². The van der Waals surface area contributed by atoms with Gasteiger partial charge in [-0.1, -0.05) is 6.92 Å². The van der Waals surface area contributed by atoms with E-state index >= 15 is 0 Å². The van der Waals surface area contributed by atoms with Crippen molar-refractivity contribution in [1.29, 1.82) is 0 Å². The number of aliphatic carboxylic acids is 1. The van der Waals surface area contributed by atoms with E-state index in [1.807, 2.05) is 11.8 Å². The van der Waals surface area contributed by atoms with Gasteiger partial charge in [-0.05, 0) is 19.4 Å². The highest BCUT2D eigenvalue weighted by Crippen LogP contribution is 2.20. The van der Waals surface area contributed by atoms with Crippen molar-refractivity contribution < 1.29 is 14.3 Å². The molecule has 0 aliphatic carbocycles. The van der Waals surface area contributed by atoms with Crippen LogP contribution in [0.4, 0.5) is 4.39 Å². The summed E-state index contributed by atoms with van der Waals surface area (Å²) in [7, 11) is 0. The molecule has 0 spiro atoms. The lowest BCUT2D eigenvalue weighted by atomic mass is 10.1. The lowest BCUT2D eigenvalue weighted by Crippen LogP contribution is -2.39. The van der Waals surface area contributed by atoms with E-state index in [-0.39, 0.29) is 12.6 Å². The third-order valence-corrected chi connectivity index (χ3v) is 2.65. The monoisotopic (exact) mass is 189 g/mol. The molecule has 1 fully saturated rings. The number of nitrogens with zero attached hydrogens (tertiary/aromatic N) is 1. The molecular formula is C9H16FNO2. The third-order valence-electron chi connectivity index (χ3n) is 2.65. The molecule has 2 atom stereocenters. The van der Waals surface area contributed by atoms with Crippen molar-refractivity contribution >= 4 is 5.97 Å². The summed E-state index contributed by atoms with van der Waals surface area (Å²) in [5.41, 5.74) is 0. The van der Waals surface area contributed by atoms with E-state index in [4.69, 9.17) is 5.11 Å². The van der Waals surface area contributed by atoms with Crippen LogP contribution in [0.3, 0.4) is 0 Å². The van der Waals surface area contributed by atoms with E-state index in [2.05, 4.69) is 0 Å². The lowest BCUT2D eigenvalue weighted by molar-refractivity contribution is -0.143. The zero-order valence-corrected chi connectivity index (χ0v) is 7.87. The number of halogens is 1. The molecule has 4 heteroatoms. The zero-order valence-electron chi connectivity index (χ0n) is 7.87.